The predicted octanol–water partition coefficient (Wildman–Crippen LogP) is 6.43. The van der Waals surface area contributed by atoms with Crippen molar-refractivity contribution in [2.24, 2.45) is 11.8 Å². The normalized spacial score (nSPS) is 13.8. The van der Waals surface area contributed by atoms with Crippen molar-refractivity contribution >= 4 is 0 Å². The van der Waals surface area contributed by atoms with Gasteiger partial charge in [-0.25, -0.2) is 0 Å². The van der Waals surface area contributed by atoms with Gasteiger partial charge >= 0.3 is 0 Å². The van der Waals surface area contributed by atoms with Gasteiger partial charge in [0.25, 0.3) is 0 Å². The van der Waals surface area contributed by atoms with Gasteiger partial charge in [0.05, 0.1) is 0 Å². The molecule has 0 heteroatoms. The Balaban J connectivity index is 2.98. The second kappa shape index (κ2) is 7.29. The summed E-state index contributed by atoms with van der Waals surface area (Å²) in [4.78, 5) is 0. The maximum Gasteiger partial charge on any atom is -0.00752 e. The molecule has 20 heavy (non-hydrogen) atoms. The average molecular weight is 274 g/mol. The third kappa shape index (κ3) is 4.36. The van der Waals surface area contributed by atoms with E-state index in [0.29, 0.717) is 0 Å². The summed E-state index contributed by atoms with van der Waals surface area (Å²) >= 11 is 0. The minimum atomic E-state index is 0.281. The SMILES string of the molecule is CCCC(CCC(C)C)C(C)(C)c1ccc(C)c(C)c1. The van der Waals surface area contributed by atoms with Gasteiger partial charge in [-0.1, -0.05) is 65.7 Å². The van der Waals surface area contributed by atoms with Crippen LogP contribution in [0.1, 0.15) is 77.0 Å². The first-order chi connectivity index (χ1) is 9.28. The Morgan fingerprint density at radius 1 is 0.950 bits per heavy atom. The molecule has 0 heterocycles. The van der Waals surface area contributed by atoms with Crippen molar-refractivity contribution in [2.45, 2.75) is 79.6 Å². The lowest BCUT2D eigenvalue weighted by atomic mass is 9.69. The molecule has 0 saturated heterocycles. The van der Waals surface area contributed by atoms with Crippen molar-refractivity contribution in [2.75, 3.05) is 0 Å². The molecule has 0 N–H and O–H groups in total. The molecule has 1 rings (SSSR count). The molecule has 0 spiro atoms. The standard InChI is InChI=1S/C20H34/c1-8-9-18(12-10-15(2)3)20(6,7)19-13-11-16(4)17(5)14-19/h11,13-15,18H,8-10,12H2,1-7H3. The van der Waals surface area contributed by atoms with Gasteiger partial charge in [0, 0.05) is 0 Å². The summed E-state index contributed by atoms with van der Waals surface area (Å²) in [7, 11) is 0. The number of hydrogen-bond acceptors (Lipinski definition) is 0. The van der Waals surface area contributed by atoms with Crippen molar-refractivity contribution in [3.05, 3.63) is 34.9 Å². The first-order valence-electron chi connectivity index (χ1n) is 8.36. The molecule has 0 aliphatic heterocycles. The van der Waals surface area contributed by atoms with Gasteiger partial charge in [-0.3, -0.25) is 0 Å². The smallest absolute Gasteiger partial charge is 0.00752 e. The number of aryl methyl sites for hydroxylation is 2. The van der Waals surface area contributed by atoms with Crippen LogP contribution < -0.4 is 0 Å². The fourth-order valence-corrected chi connectivity index (χ4v) is 3.13. The second-order valence-corrected chi connectivity index (χ2v) is 7.48. The molecule has 1 atom stereocenters. The van der Waals surface area contributed by atoms with Crippen molar-refractivity contribution < 1.29 is 0 Å². The molecule has 0 amide bonds. The van der Waals surface area contributed by atoms with E-state index in [2.05, 4.69) is 66.7 Å². The van der Waals surface area contributed by atoms with E-state index in [0.717, 1.165) is 11.8 Å². The Hall–Kier alpha value is -0.780. The molecule has 0 bridgehead atoms. The maximum atomic E-state index is 2.44. The van der Waals surface area contributed by atoms with Gasteiger partial charge in [0.15, 0.2) is 0 Å². The predicted molar refractivity (Wildman–Crippen MR) is 91.4 cm³/mol. The fourth-order valence-electron chi connectivity index (χ4n) is 3.13. The highest BCUT2D eigenvalue weighted by Crippen LogP contribution is 2.38. The van der Waals surface area contributed by atoms with Crippen LogP contribution in [-0.2, 0) is 5.41 Å². The molecule has 0 aliphatic rings. The monoisotopic (exact) mass is 274 g/mol. The highest BCUT2D eigenvalue weighted by molar-refractivity contribution is 5.34. The Morgan fingerprint density at radius 2 is 1.60 bits per heavy atom. The molecule has 0 saturated carbocycles. The minimum absolute atomic E-state index is 0.281. The molecule has 0 nitrogen and oxygen atoms in total. The van der Waals surface area contributed by atoms with E-state index in [1.807, 2.05) is 0 Å². The Bertz CT molecular complexity index is 412. The summed E-state index contributed by atoms with van der Waals surface area (Å²) in [5.41, 5.74) is 4.62. The van der Waals surface area contributed by atoms with Crippen molar-refractivity contribution in [3.63, 3.8) is 0 Å². The molecule has 114 valence electrons. The van der Waals surface area contributed by atoms with E-state index < -0.39 is 0 Å². The van der Waals surface area contributed by atoms with Crippen LogP contribution in [0.4, 0.5) is 0 Å². The van der Waals surface area contributed by atoms with Crippen LogP contribution in [0.15, 0.2) is 18.2 Å². The molecule has 0 aromatic heterocycles. The molecule has 0 fully saturated rings. The van der Waals surface area contributed by atoms with E-state index in [1.54, 1.807) is 0 Å². The van der Waals surface area contributed by atoms with Gasteiger partial charge in [0.1, 0.15) is 0 Å². The topological polar surface area (TPSA) is 0 Å². The second-order valence-electron chi connectivity index (χ2n) is 7.48. The zero-order valence-electron chi connectivity index (χ0n) is 14.7. The minimum Gasteiger partial charge on any atom is -0.0654 e. The van der Waals surface area contributed by atoms with E-state index in [-0.39, 0.29) is 5.41 Å². The van der Waals surface area contributed by atoms with Crippen LogP contribution in [-0.4, -0.2) is 0 Å². The van der Waals surface area contributed by atoms with Gasteiger partial charge in [-0.05, 0) is 60.6 Å². The number of rotatable bonds is 7. The quantitative estimate of drug-likeness (QED) is 0.537. The third-order valence-corrected chi connectivity index (χ3v) is 5.00. The molecular formula is C20H34. The van der Waals surface area contributed by atoms with Gasteiger partial charge in [0.2, 0.25) is 0 Å². The zero-order valence-corrected chi connectivity index (χ0v) is 14.7. The first-order valence-corrected chi connectivity index (χ1v) is 8.36. The van der Waals surface area contributed by atoms with E-state index in [9.17, 15) is 0 Å². The molecule has 0 aliphatic carbocycles. The third-order valence-electron chi connectivity index (χ3n) is 5.00. The fraction of sp³-hybridized carbons (Fsp3) is 0.700. The van der Waals surface area contributed by atoms with Crippen LogP contribution >= 0.6 is 0 Å². The summed E-state index contributed by atoms with van der Waals surface area (Å²) in [6.07, 6.45) is 5.33. The van der Waals surface area contributed by atoms with E-state index in [1.165, 1.54) is 42.4 Å². The lowest BCUT2D eigenvalue weighted by Crippen LogP contribution is -2.29. The molecular weight excluding hydrogens is 240 g/mol. The van der Waals surface area contributed by atoms with Crippen LogP contribution in [0.25, 0.3) is 0 Å². The highest BCUT2D eigenvalue weighted by atomic mass is 14.3. The largest absolute Gasteiger partial charge is 0.0654 e. The molecule has 1 unspecified atom stereocenters. The Morgan fingerprint density at radius 3 is 2.10 bits per heavy atom. The number of benzene rings is 1. The Kier molecular flexibility index (Phi) is 6.30. The summed E-state index contributed by atoms with van der Waals surface area (Å²) in [6.45, 7) is 16.3. The van der Waals surface area contributed by atoms with E-state index in [4.69, 9.17) is 0 Å². The van der Waals surface area contributed by atoms with Crippen LogP contribution in [0.3, 0.4) is 0 Å². The van der Waals surface area contributed by atoms with Gasteiger partial charge < -0.3 is 0 Å². The highest BCUT2D eigenvalue weighted by Gasteiger charge is 2.30. The number of hydrogen-bond donors (Lipinski definition) is 0. The zero-order chi connectivity index (χ0) is 15.3. The van der Waals surface area contributed by atoms with Gasteiger partial charge in [-0.2, -0.15) is 0 Å². The van der Waals surface area contributed by atoms with Crippen molar-refractivity contribution in [3.8, 4) is 0 Å². The average Bonchev–Trinajstić information content (AvgIpc) is 2.37. The lowest BCUT2D eigenvalue weighted by molar-refractivity contribution is 0.261. The summed E-state index contributed by atoms with van der Waals surface area (Å²) < 4.78 is 0. The van der Waals surface area contributed by atoms with Crippen LogP contribution in [0.2, 0.25) is 0 Å². The first kappa shape index (κ1) is 17.3. The van der Waals surface area contributed by atoms with E-state index >= 15 is 0 Å². The summed E-state index contributed by atoms with van der Waals surface area (Å²) in [6, 6.07) is 7.05. The molecule has 1 aromatic carbocycles. The van der Waals surface area contributed by atoms with Crippen molar-refractivity contribution in [1.82, 2.24) is 0 Å². The lowest BCUT2D eigenvalue weighted by Gasteiger charge is -2.36. The molecule has 0 radical (unpaired) electrons. The van der Waals surface area contributed by atoms with Crippen LogP contribution in [0, 0.1) is 25.7 Å². The van der Waals surface area contributed by atoms with Crippen molar-refractivity contribution in [1.29, 1.82) is 0 Å². The maximum absolute atomic E-state index is 2.44. The van der Waals surface area contributed by atoms with Gasteiger partial charge in [-0.15, -0.1) is 0 Å². The summed E-state index contributed by atoms with van der Waals surface area (Å²) in [5, 5.41) is 0. The molecule has 1 aromatic rings. The Labute approximate surface area is 127 Å². The summed E-state index contributed by atoms with van der Waals surface area (Å²) in [5.74, 6) is 1.60. The van der Waals surface area contributed by atoms with Crippen LogP contribution in [0.5, 0.6) is 0 Å².